The van der Waals surface area contributed by atoms with E-state index < -0.39 is 0 Å². The Labute approximate surface area is 119 Å². The molecule has 0 fully saturated rings. The molecule has 0 aliphatic carbocycles. The van der Waals surface area contributed by atoms with Gasteiger partial charge in [-0.3, -0.25) is 4.90 Å². The predicted molar refractivity (Wildman–Crippen MR) is 76.5 cm³/mol. The van der Waals surface area contributed by atoms with E-state index in [1.165, 1.54) is 0 Å². The summed E-state index contributed by atoms with van der Waals surface area (Å²) >= 11 is 0. The Morgan fingerprint density at radius 3 is 2.85 bits per heavy atom. The third kappa shape index (κ3) is 2.71. The Hall–Kier alpha value is -1.79. The lowest BCUT2D eigenvalue weighted by atomic mass is 10.1. The fraction of sp³-hybridized carbons (Fsp3) is 0.500. The van der Waals surface area contributed by atoms with E-state index in [0.717, 1.165) is 29.2 Å². The molecule has 2 aromatic rings. The highest BCUT2D eigenvalue weighted by molar-refractivity contribution is 5.34. The normalized spacial score (nSPS) is 12.9. The van der Waals surface area contributed by atoms with E-state index in [1.54, 1.807) is 24.3 Å². The molecule has 6 heteroatoms. The molecular weight excluding hydrogens is 256 g/mol. The van der Waals surface area contributed by atoms with Gasteiger partial charge in [-0.1, -0.05) is 0 Å². The van der Waals surface area contributed by atoms with E-state index in [0.29, 0.717) is 6.54 Å². The number of nitrogens with zero attached hydrogens (tertiary/aromatic N) is 3. The maximum atomic E-state index is 5.98. The van der Waals surface area contributed by atoms with Crippen molar-refractivity contribution in [3.63, 3.8) is 0 Å². The highest BCUT2D eigenvalue weighted by atomic mass is 16.5. The summed E-state index contributed by atoms with van der Waals surface area (Å²) in [6, 6.07) is 2.01. The number of hydrogen-bond acceptors (Lipinski definition) is 5. The molecule has 0 aromatic carbocycles. The van der Waals surface area contributed by atoms with Crippen molar-refractivity contribution >= 4 is 0 Å². The van der Waals surface area contributed by atoms with Crippen LogP contribution in [0.2, 0.25) is 0 Å². The summed E-state index contributed by atoms with van der Waals surface area (Å²) in [6.07, 6.45) is 3.42. The minimum atomic E-state index is 0.0496. The second-order valence-electron chi connectivity index (χ2n) is 4.93. The van der Waals surface area contributed by atoms with Gasteiger partial charge in [0.2, 0.25) is 5.88 Å². The molecule has 0 bridgehead atoms. The molecule has 0 aliphatic rings. The smallest absolute Gasteiger partial charge is 0.216 e. The summed E-state index contributed by atoms with van der Waals surface area (Å²) in [4.78, 5) is 2.18. The number of ether oxygens (including phenoxy) is 1. The van der Waals surface area contributed by atoms with Crippen molar-refractivity contribution in [3.8, 4) is 5.88 Å². The zero-order chi connectivity index (χ0) is 14.7. The summed E-state index contributed by atoms with van der Waals surface area (Å²) in [5.74, 6) is 0.761. The van der Waals surface area contributed by atoms with Crippen molar-refractivity contribution in [2.24, 2.45) is 12.8 Å². The highest BCUT2D eigenvalue weighted by Gasteiger charge is 2.25. The molecule has 0 saturated carbocycles. The molecule has 0 radical (unpaired) electrons. The maximum Gasteiger partial charge on any atom is 0.216 e. The first-order valence-corrected chi connectivity index (χ1v) is 6.57. The molecule has 2 heterocycles. The number of nitrogens with two attached hydrogens (primary N) is 1. The number of aryl methyl sites for hydroxylation is 2. The lowest BCUT2D eigenvalue weighted by Crippen LogP contribution is -2.30. The molecule has 0 spiro atoms. The van der Waals surface area contributed by atoms with Crippen LogP contribution in [-0.2, 0) is 13.6 Å². The van der Waals surface area contributed by atoms with Crippen LogP contribution < -0.4 is 10.5 Å². The van der Waals surface area contributed by atoms with Crippen LogP contribution >= 0.6 is 0 Å². The van der Waals surface area contributed by atoms with Crippen molar-refractivity contribution in [2.75, 3.05) is 20.7 Å². The average Bonchev–Trinajstić information content (AvgIpc) is 2.99. The van der Waals surface area contributed by atoms with Gasteiger partial charge < -0.3 is 14.9 Å². The first kappa shape index (κ1) is 14.6. The molecule has 2 aromatic heterocycles. The van der Waals surface area contributed by atoms with Gasteiger partial charge in [-0.25, -0.2) is 4.68 Å². The second kappa shape index (κ2) is 6.11. The average molecular weight is 278 g/mol. The van der Waals surface area contributed by atoms with Gasteiger partial charge in [0.05, 0.1) is 36.9 Å². The topological polar surface area (TPSA) is 69.5 Å². The fourth-order valence-electron chi connectivity index (χ4n) is 2.58. The summed E-state index contributed by atoms with van der Waals surface area (Å²) in [6.45, 7) is 3.24. The molecule has 2 rings (SSSR count). The first-order chi connectivity index (χ1) is 9.58. The predicted octanol–water partition coefficient (Wildman–Crippen LogP) is 1.46. The summed E-state index contributed by atoms with van der Waals surface area (Å²) in [5, 5.41) is 4.42. The highest BCUT2D eigenvalue weighted by Crippen LogP contribution is 2.31. The molecule has 1 atom stereocenters. The van der Waals surface area contributed by atoms with Crippen LogP contribution in [0, 0.1) is 6.92 Å². The van der Waals surface area contributed by atoms with E-state index >= 15 is 0 Å². The molecular formula is C14H22N4O2. The van der Waals surface area contributed by atoms with E-state index in [1.807, 2.05) is 27.1 Å². The largest absolute Gasteiger partial charge is 0.481 e. The van der Waals surface area contributed by atoms with Crippen LogP contribution in [0.3, 0.4) is 0 Å². The standard InChI is InChI=1S/C14H22N4O2/c1-10-13(14(19-4)18(3)16-10)12(7-15)17(2)8-11-5-6-20-9-11/h5-6,9,12H,7-8,15H2,1-4H3. The van der Waals surface area contributed by atoms with Crippen LogP contribution in [0.1, 0.15) is 22.9 Å². The van der Waals surface area contributed by atoms with Gasteiger partial charge in [0.25, 0.3) is 0 Å². The lowest BCUT2D eigenvalue weighted by molar-refractivity contribution is 0.233. The molecule has 0 aliphatic heterocycles. The molecule has 0 saturated heterocycles. The van der Waals surface area contributed by atoms with Gasteiger partial charge in [-0.2, -0.15) is 5.10 Å². The van der Waals surface area contributed by atoms with Gasteiger partial charge in [0, 0.05) is 25.7 Å². The molecule has 1 unspecified atom stereocenters. The van der Waals surface area contributed by atoms with Crippen molar-refractivity contribution in [3.05, 3.63) is 35.4 Å². The molecule has 2 N–H and O–H groups in total. The van der Waals surface area contributed by atoms with Crippen LogP contribution in [-0.4, -0.2) is 35.4 Å². The van der Waals surface area contributed by atoms with Crippen LogP contribution in [0.4, 0.5) is 0 Å². The van der Waals surface area contributed by atoms with Gasteiger partial charge in [-0.05, 0) is 20.0 Å². The van der Waals surface area contributed by atoms with E-state index in [-0.39, 0.29) is 6.04 Å². The first-order valence-electron chi connectivity index (χ1n) is 6.57. The summed E-state index contributed by atoms with van der Waals surface area (Å²) < 4.78 is 12.3. The van der Waals surface area contributed by atoms with Crippen molar-refractivity contribution in [2.45, 2.75) is 19.5 Å². The van der Waals surface area contributed by atoms with Crippen LogP contribution in [0.15, 0.2) is 23.0 Å². The number of aromatic nitrogens is 2. The number of rotatable bonds is 6. The van der Waals surface area contributed by atoms with Crippen molar-refractivity contribution in [1.29, 1.82) is 0 Å². The number of methoxy groups -OCH3 is 1. The summed E-state index contributed by atoms with van der Waals surface area (Å²) in [5.41, 5.74) is 9.08. The molecule has 0 amide bonds. The Kier molecular flexibility index (Phi) is 4.46. The Balaban J connectivity index is 2.27. The molecule has 110 valence electrons. The van der Waals surface area contributed by atoms with Crippen molar-refractivity contribution < 1.29 is 9.15 Å². The number of hydrogen-bond donors (Lipinski definition) is 1. The van der Waals surface area contributed by atoms with Crippen molar-refractivity contribution in [1.82, 2.24) is 14.7 Å². The third-order valence-electron chi connectivity index (χ3n) is 3.51. The zero-order valence-electron chi connectivity index (χ0n) is 12.5. The van der Waals surface area contributed by atoms with Gasteiger partial charge in [0.15, 0.2) is 0 Å². The van der Waals surface area contributed by atoms with Gasteiger partial charge in [-0.15, -0.1) is 0 Å². The van der Waals surface area contributed by atoms with E-state index in [9.17, 15) is 0 Å². The maximum absolute atomic E-state index is 5.98. The monoisotopic (exact) mass is 278 g/mol. The minimum Gasteiger partial charge on any atom is -0.481 e. The number of likely N-dealkylation sites (N-methyl/N-ethyl adjacent to an activating group) is 1. The fourth-order valence-corrected chi connectivity index (χ4v) is 2.58. The molecule has 6 nitrogen and oxygen atoms in total. The van der Waals surface area contributed by atoms with Crippen LogP contribution in [0.5, 0.6) is 5.88 Å². The van der Waals surface area contributed by atoms with Crippen LogP contribution in [0.25, 0.3) is 0 Å². The van der Waals surface area contributed by atoms with E-state index in [2.05, 4.69) is 10.00 Å². The van der Waals surface area contributed by atoms with E-state index in [4.69, 9.17) is 14.9 Å². The second-order valence-corrected chi connectivity index (χ2v) is 4.93. The quantitative estimate of drug-likeness (QED) is 0.866. The third-order valence-corrected chi connectivity index (χ3v) is 3.51. The molecule has 20 heavy (non-hydrogen) atoms. The Morgan fingerprint density at radius 1 is 1.55 bits per heavy atom. The Morgan fingerprint density at radius 2 is 2.30 bits per heavy atom. The summed E-state index contributed by atoms with van der Waals surface area (Å²) in [7, 11) is 5.57. The number of furan rings is 1. The SMILES string of the molecule is COc1c(C(CN)N(C)Cc2ccoc2)c(C)nn1C. The van der Waals surface area contributed by atoms with Gasteiger partial charge >= 0.3 is 0 Å². The Bertz CT molecular complexity index is 548. The van der Waals surface area contributed by atoms with Gasteiger partial charge in [0.1, 0.15) is 0 Å². The zero-order valence-corrected chi connectivity index (χ0v) is 12.5. The lowest BCUT2D eigenvalue weighted by Gasteiger charge is -2.27. The minimum absolute atomic E-state index is 0.0496.